The van der Waals surface area contributed by atoms with Crippen LogP contribution < -0.4 is 5.32 Å². The number of aliphatic hydroxyl groups is 1. The summed E-state index contributed by atoms with van der Waals surface area (Å²) in [6, 6.07) is 10.2. The van der Waals surface area contributed by atoms with Gasteiger partial charge in [-0.2, -0.15) is 0 Å². The molecule has 2 bridgehead atoms. The van der Waals surface area contributed by atoms with E-state index in [0.717, 1.165) is 44.5 Å². The highest BCUT2D eigenvalue weighted by Gasteiger charge is 2.49. The van der Waals surface area contributed by atoms with Gasteiger partial charge in [-0.1, -0.05) is 30.3 Å². The molecule has 4 rings (SSSR count). The monoisotopic (exact) mass is 399 g/mol. The van der Waals surface area contributed by atoms with Crippen LogP contribution in [0.5, 0.6) is 0 Å². The Bertz CT molecular complexity index is 725. The number of carbonyl (C=O) groups excluding carboxylic acids is 2. The minimum Gasteiger partial charge on any atom is -0.388 e. The highest BCUT2D eigenvalue weighted by Crippen LogP contribution is 2.41. The van der Waals surface area contributed by atoms with Crippen molar-refractivity contribution in [1.29, 1.82) is 0 Å². The van der Waals surface area contributed by atoms with Crippen LogP contribution in [0.15, 0.2) is 30.3 Å². The molecule has 3 aliphatic rings. The van der Waals surface area contributed by atoms with Crippen LogP contribution in [0.2, 0.25) is 0 Å². The average Bonchev–Trinajstić information content (AvgIpc) is 2.73. The normalized spacial score (nSPS) is 30.6. The molecule has 3 saturated heterocycles. The summed E-state index contributed by atoms with van der Waals surface area (Å²) in [5.41, 5.74) is 0.970. The minimum atomic E-state index is -0.444. The van der Waals surface area contributed by atoms with Gasteiger partial charge in [0.2, 0.25) is 11.8 Å². The highest BCUT2D eigenvalue weighted by molar-refractivity contribution is 5.78. The van der Waals surface area contributed by atoms with E-state index in [-0.39, 0.29) is 17.9 Å². The second-order valence-corrected chi connectivity index (χ2v) is 9.00. The van der Waals surface area contributed by atoms with Gasteiger partial charge in [0.05, 0.1) is 12.1 Å². The van der Waals surface area contributed by atoms with Crippen molar-refractivity contribution in [2.24, 2.45) is 11.8 Å². The molecule has 0 unspecified atom stereocenters. The first-order chi connectivity index (χ1) is 14.0. The SMILES string of the molecule is CC(=O)NC[C@H]1[C@H]2C[C@H](CN(CC[C@H](O)c3ccccc3)C2)[C@@H]2CCCC(=O)N21. The van der Waals surface area contributed by atoms with E-state index in [1.54, 1.807) is 6.92 Å². The molecule has 29 heavy (non-hydrogen) atoms. The van der Waals surface area contributed by atoms with Gasteiger partial charge >= 0.3 is 0 Å². The van der Waals surface area contributed by atoms with E-state index < -0.39 is 6.10 Å². The number of rotatable bonds is 6. The van der Waals surface area contributed by atoms with Gasteiger partial charge in [0.15, 0.2) is 0 Å². The molecule has 0 aliphatic carbocycles. The van der Waals surface area contributed by atoms with Crippen molar-refractivity contribution < 1.29 is 14.7 Å². The molecule has 158 valence electrons. The highest BCUT2D eigenvalue weighted by atomic mass is 16.3. The lowest BCUT2D eigenvalue weighted by Gasteiger charge is -2.56. The summed E-state index contributed by atoms with van der Waals surface area (Å²) in [4.78, 5) is 28.9. The van der Waals surface area contributed by atoms with Crippen LogP contribution in [0.4, 0.5) is 0 Å². The number of likely N-dealkylation sites (tertiary alicyclic amines) is 1. The van der Waals surface area contributed by atoms with E-state index in [1.165, 1.54) is 0 Å². The number of amides is 2. The number of piperidine rings is 3. The van der Waals surface area contributed by atoms with Crippen LogP contribution in [0.3, 0.4) is 0 Å². The Kier molecular flexibility index (Phi) is 6.20. The molecule has 6 nitrogen and oxygen atoms in total. The number of hydrogen-bond acceptors (Lipinski definition) is 4. The van der Waals surface area contributed by atoms with Crippen LogP contribution in [0, 0.1) is 11.8 Å². The number of carbonyl (C=O) groups is 2. The van der Waals surface area contributed by atoms with Gasteiger partial charge in [0.25, 0.3) is 0 Å². The largest absolute Gasteiger partial charge is 0.388 e. The average molecular weight is 400 g/mol. The summed E-state index contributed by atoms with van der Waals surface area (Å²) in [6.07, 6.45) is 4.09. The number of nitrogens with one attached hydrogen (secondary N) is 1. The standard InChI is InChI=1S/C23H33N3O3/c1-16(27)24-13-21-19-12-18(20-8-5-9-23(29)26(20)21)14-25(15-19)11-10-22(28)17-6-3-2-4-7-17/h2-4,6-7,18-22,28H,5,8-15H2,1H3,(H,24,27)/t18-,19+,20+,21+,22+/m1/s1. The minimum absolute atomic E-state index is 0.0354. The zero-order chi connectivity index (χ0) is 20.4. The number of hydrogen-bond donors (Lipinski definition) is 2. The smallest absolute Gasteiger partial charge is 0.223 e. The topological polar surface area (TPSA) is 72.9 Å². The van der Waals surface area contributed by atoms with Crippen molar-refractivity contribution in [3.63, 3.8) is 0 Å². The van der Waals surface area contributed by atoms with E-state index in [9.17, 15) is 14.7 Å². The molecule has 3 aliphatic heterocycles. The molecule has 6 heteroatoms. The van der Waals surface area contributed by atoms with Gasteiger partial charge in [0.1, 0.15) is 0 Å². The molecule has 2 amide bonds. The fourth-order valence-corrected chi connectivity index (χ4v) is 5.71. The van der Waals surface area contributed by atoms with E-state index in [2.05, 4.69) is 15.1 Å². The first-order valence-corrected chi connectivity index (χ1v) is 11.0. The zero-order valence-corrected chi connectivity index (χ0v) is 17.3. The summed E-state index contributed by atoms with van der Waals surface area (Å²) >= 11 is 0. The predicted octanol–water partition coefficient (Wildman–Crippen LogP) is 1.95. The third-order valence-electron chi connectivity index (χ3n) is 7.04. The summed E-state index contributed by atoms with van der Waals surface area (Å²) in [6.45, 7) is 4.88. The summed E-state index contributed by atoms with van der Waals surface area (Å²) in [7, 11) is 0. The molecule has 5 atom stereocenters. The Morgan fingerprint density at radius 1 is 1.24 bits per heavy atom. The predicted molar refractivity (Wildman–Crippen MR) is 111 cm³/mol. The van der Waals surface area contributed by atoms with Gasteiger partial charge in [-0.3, -0.25) is 9.59 Å². The quantitative estimate of drug-likeness (QED) is 0.767. The van der Waals surface area contributed by atoms with Gasteiger partial charge in [-0.15, -0.1) is 0 Å². The number of aliphatic hydroxyl groups excluding tert-OH is 1. The van der Waals surface area contributed by atoms with Crippen LogP contribution >= 0.6 is 0 Å². The molecule has 3 heterocycles. The Morgan fingerprint density at radius 2 is 2.00 bits per heavy atom. The van der Waals surface area contributed by atoms with Gasteiger partial charge in [-0.25, -0.2) is 0 Å². The first-order valence-electron chi connectivity index (χ1n) is 11.0. The van der Waals surface area contributed by atoms with Crippen LogP contribution in [0.25, 0.3) is 0 Å². The maximum Gasteiger partial charge on any atom is 0.223 e. The lowest BCUT2D eigenvalue weighted by Crippen LogP contribution is -2.67. The van der Waals surface area contributed by atoms with Crippen LogP contribution in [-0.2, 0) is 9.59 Å². The van der Waals surface area contributed by atoms with Crippen molar-refractivity contribution >= 4 is 11.8 Å². The van der Waals surface area contributed by atoms with Crippen molar-refractivity contribution in [1.82, 2.24) is 15.1 Å². The molecule has 1 aromatic rings. The number of fused-ring (bicyclic) bond motifs is 4. The Balaban J connectivity index is 1.43. The van der Waals surface area contributed by atoms with Gasteiger partial charge in [0, 0.05) is 45.6 Å². The van der Waals surface area contributed by atoms with Gasteiger partial charge < -0.3 is 20.2 Å². The second-order valence-electron chi connectivity index (χ2n) is 9.00. The van der Waals surface area contributed by atoms with Crippen molar-refractivity contribution in [2.45, 2.75) is 57.2 Å². The Morgan fingerprint density at radius 3 is 2.76 bits per heavy atom. The lowest BCUT2D eigenvalue weighted by atomic mass is 9.72. The Labute approximate surface area is 173 Å². The fourth-order valence-electron chi connectivity index (χ4n) is 5.71. The van der Waals surface area contributed by atoms with Crippen LogP contribution in [-0.4, -0.2) is 65.0 Å². The molecule has 0 radical (unpaired) electrons. The molecular formula is C23H33N3O3. The number of benzene rings is 1. The third-order valence-corrected chi connectivity index (χ3v) is 7.04. The molecule has 3 fully saturated rings. The molecule has 0 aromatic heterocycles. The lowest BCUT2D eigenvalue weighted by molar-refractivity contribution is -0.153. The third kappa shape index (κ3) is 4.48. The summed E-state index contributed by atoms with van der Waals surface area (Å²) < 4.78 is 0. The van der Waals surface area contributed by atoms with Crippen molar-refractivity contribution in [3.8, 4) is 0 Å². The Hall–Kier alpha value is -1.92. The fraction of sp³-hybridized carbons (Fsp3) is 0.652. The van der Waals surface area contributed by atoms with E-state index in [1.807, 2.05) is 30.3 Å². The summed E-state index contributed by atoms with van der Waals surface area (Å²) in [5.74, 6) is 1.11. The van der Waals surface area contributed by atoms with Crippen molar-refractivity contribution in [3.05, 3.63) is 35.9 Å². The first kappa shape index (κ1) is 20.4. The van der Waals surface area contributed by atoms with Crippen LogP contribution in [0.1, 0.15) is 50.7 Å². The number of nitrogens with zero attached hydrogens (tertiary/aromatic N) is 2. The van der Waals surface area contributed by atoms with E-state index in [4.69, 9.17) is 0 Å². The molecule has 2 N–H and O–H groups in total. The molecule has 0 spiro atoms. The van der Waals surface area contributed by atoms with E-state index >= 15 is 0 Å². The molecule has 1 aromatic carbocycles. The van der Waals surface area contributed by atoms with Gasteiger partial charge in [-0.05, 0) is 43.1 Å². The second kappa shape index (κ2) is 8.84. The maximum atomic E-state index is 12.7. The zero-order valence-electron chi connectivity index (χ0n) is 17.3. The molecule has 0 saturated carbocycles. The van der Waals surface area contributed by atoms with Crippen molar-refractivity contribution in [2.75, 3.05) is 26.2 Å². The maximum absolute atomic E-state index is 12.7. The van der Waals surface area contributed by atoms with E-state index in [0.29, 0.717) is 37.3 Å². The molecular weight excluding hydrogens is 366 g/mol. The summed E-state index contributed by atoms with van der Waals surface area (Å²) in [5, 5.41) is 13.5.